The summed E-state index contributed by atoms with van der Waals surface area (Å²) >= 11 is 0. The molecule has 1 N–H and O–H groups in total. The number of fused-ring (bicyclic) bond motifs is 1. The summed E-state index contributed by atoms with van der Waals surface area (Å²) in [6.45, 7) is 7.14. The molecule has 2 fully saturated rings. The summed E-state index contributed by atoms with van der Waals surface area (Å²) in [6, 6.07) is 8.62. The molecule has 0 saturated carbocycles. The van der Waals surface area contributed by atoms with Gasteiger partial charge in [-0.25, -0.2) is 0 Å². The minimum absolute atomic E-state index is 0. The van der Waals surface area contributed by atoms with E-state index in [0.29, 0.717) is 12.0 Å². The number of rotatable bonds is 2. The van der Waals surface area contributed by atoms with Gasteiger partial charge in [-0.15, -0.1) is 12.4 Å². The third-order valence-corrected chi connectivity index (χ3v) is 5.68. The summed E-state index contributed by atoms with van der Waals surface area (Å²) < 4.78 is 0. The monoisotopic (exact) mass is 335 g/mol. The number of hydrogen-bond acceptors (Lipinski definition) is 3. The molecule has 3 aliphatic heterocycles. The molecule has 2 unspecified atom stereocenters. The molecule has 1 aromatic carbocycles. The quantitative estimate of drug-likeness (QED) is 0.898. The zero-order valence-corrected chi connectivity index (χ0v) is 14.6. The second-order valence-corrected chi connectivity index (χ2v) is 7.33. The van der Waals surface area contributed by atoms with E-state index < -0.39 is 0 Å². The molecule has 0 aromatic heterocycles. The highest BCUT2D eigenvalue weighted by molar-refractivity contribution is 5.97. The average molecular weight is 336 g/mol. The van der Waals surface area contributed by atoms with Crippen molar-refractivity contribution in [3.05, 3.63) is 29.8 Å². The summed E-state index contributed by atoms with van der Waals surface area (Å²) in [5.74, 6) is 0.264. The maximum atomic E-state index is 12.8. The Morgan fingerprint density at radius 3 is 2.96 bits per heavy atom. The molecule has 3 heterocycles. The Kier molecular flexibility index (Phi) is 4.68. The van der Waals surface area contributed by atoms with Crippen LogP contribution in [0.15, 0.2) is 24.3 Å². The SMILES string of the molecule is CC1Cc2ccccc2N1C(=O)CN1CCC2(CCNC2)C1.Cl. The lowest BCUT2D eigenvalue weighted by Crippen LogP contribution is -2.43. The van der Waals surface area contributed by atoms with Gasteiger partial charge in [-0.1, -0.05) is 18.2 Å². The summed E-state index contributed by atoms with van der Waals surface area (Å²) in [5, 5.41) is 3.48. The number of hydrogen-bond donors (Lipinski definition) is 1. The zero-order valence-electron chi connectivity index (χ0n) is 13.8. The summed E-state index contributed by atoms with van der Waals surface area (Å²) in [6.07, 6.45) is 3.48. The Morgan fingerprint density at radius 2 is 2.17 bits per heavy atom. The van der Waals surface area contributed by atoms with E-state index in [4.69, 9.17) is 0 Å². The predicted molar refractivity (Wildman–Crippen MR) is 95.3 cm³/mol. The molecule has 1 spiro atoms. The van der Waals surface area contributed by atoms with Crippen LogP contribution in [0.1, 0.15) is 25.3 Å². The Labute approximate surface area is 144 Å². The first-order chi connectivity index (χ1) is 10.7. The van der Waals surface area contributed by atoms with Crippen LogP contribution in [0.4, 0.5) is 5.69 Å². The van der Waals surface area contributed by atoms with Crippen LogP contribution < -0.4 is 10.2 Å². The highest BCUT2D eigenvalue weighted by Gasteiger charge is 2.41. The number of benzene rings is 1. The molecule has 0 aliphatic carbocycles. The van der Waals surface area contributed by atoms with Gasteiger partial charge < -0.3 is 10.2 Å². The van der Waals surface area contributed by atoms with Gasteiger partial charge in [-0.05, 0) is 56.3 Å². The number of carbonyl (C=O) groups is 1. The highest BCUT2D eigenvalue weighted by Crippen LogP contribution is 2.36. The number of anilines is 1. The number of carbonyl (C=O) groups excluding carboxylic acids is 1. The maximum absolute atomic E-state index is 12.8. The molecule has 2 saturated heterocycles. The second-order valence-electron chi connectivity index (χ2n) is 7.33. The van der Waals surface area contributed by atoms with Crippen molar-refractivity contribution in [1.29, 1.82) is 0 Å². The van der Waals surface area contributed by atoms with E-state index in [1.807, 2.05) is 11.0 Å². The van der Waals surface area contributed by atoms with Gasteiger partial charge in [0.2, 0.25) is 5.91 Å². The van der Waals surface area contributed by atoms with Crippen LogP contribution in [0.5, 0.6) is 0 Å². The van der Waals surface area contributed by atoms with Crippen molar-refractivity contribution in [2.24, 2.45) is 5.41 Å². The molecule has 23 heavy (non-hydrogen) atoms. The van der Waals surface area contributed by atoms with Gasteiger partial charge >= 0.3 is 0 Å². The lowest BCUT2D eigenvalue weighted by Gasteiger charge is -2.27. The van der Waals surface area contributed by atoms with Crippen molar-refractivity contribution >= 4 is 24.0 Å². The van der Waals surface area contributed by atoms with Crippen molar-refractivity contribution < 1.29 is 4.79 Å². The van der Waals surface area contributed by atoms with Crippen LogP contribution in [0.2, 0.25) is 0 Å². The minimum atomic E-state index is 0. The Morgan fingerprint density at radius 1 is 1.35 bits per heavy atom. The summed E-state index contributed by atoms with van der Waals surface area (Å²) in [7, 11) is 0. The van der Waals surface area contributed by atoms with Gasteiger partial charge in [0.05, 0.1) is 6.54 Å². The fourth-order valence-corrected chi connectivity index (χ4v) is 4.52. The number of nitrogens with one attached hydrogen (secondary N) is 1. The number of halogens is 1. The van der Waals surface area contributed by atoms with E-state index in [-0.39, 0.29) is 24.4 Å². The van der Waals surface area contributed by atoms with Crippen LogP contribution in [0.25, 0.3) is 0 Å². The van der Waals surface area contributed by atoms with Crippen LogP contribution in [0, 0.1) is 5.41 Å². The van der Waals surface area contributed by atoms with Crippen molar-refractivity contribution in [2.75, 3.05) is 37.6 Å². The van der Waals surface area contributed by atoms with Gasteiger partial charge in [0, 0.05) is 24.8 Å². The molecule has 3 aliphatic rings. The molecule has 0 bridgehead atoms. The Bertz CT molecular complexity index is 585. The first-order valence-corrected chi connectivity index (χ1v) is 8.50. The van der Waals surface area contributed by atoms with Gasteiger partial charge in [0.25, 0.3) is 0 Å². The van der Waals surface area contributed by atoms with Gasteiger partial charge in [0.1, 0.15) is 0 Å². The molecular formula is C18H26ClN3O. The third kappa shape index (κ3) is 3.00. The first-order valence-electron chi connectivity index (χ1n) is 8.50. The van der Waals surface area contributed by atoms with Gasteiger partial charge in [-0.3, -0.25) is 9.69 Å². The van der Waals surface area contributed by atoms with Crippen molar-refractivity contribution in [1.82, 2.24) is 10.2 Å². The second kappa shape index (κ2) is 6.42. The molecule has 1 amide bonds. The molecular weight excluding hydrogens is 310 g/mol. The lowest BCUT2D eigenvalue weighted by molar-refractivity contribution is -0.119. The van der Waals surface area contributed by atoms with Crippen LogP contribution in [0.3, 0.4) is 0 Å². The molecule has 5 heteroatoms. The number of nitrogens with zero attached hydrogens (tertiary/aromatic N) is 2. The van der Waals surface area contributed by atoms with Gasteiger partial charge in [0.15, 0.2) is 0 Å². The maximum Gasteiger partial charge on any atom is 0.241 e. The van der Waals surface area contributed by atoms with E-state index in [1.54, 1.807) is 0 Å². The average Bonchev–Trinajstić information content (AvgIpc) is 3.19. The summed E-state index contributed by atoms with van der Waals surface area (Å²) in [5.41, 5.74) is 2.87. The lowest BCUT2D eigenvalue weighted by atomic mass is 9.87. The normalized spacial score (nSPS) is 29.8. The number of likely N-dealkylation sites (tertiary alicyclic amines) is 1. The van der Waals surface area contributed by atoms with Crippen LogP contribution >= 0.6 is 12.4 Å². The molecule has 126 valence electrons. The standard InChI is InChI=1S/C18H25N3O.ClH/c1-14-10-15-4-2-3-5-16(15)21(14)17(22)11-20-9-7-18(13-20)6-8-19-12-18;/h2-5,14,19H,6-13H2,1H3;1H. The minimum Gasteiger partial charge on any atom is -0.316 e. The highest BCUT2D eigenvalue weighted by atomic mass is 35.5. The predicted octanol–water partition coefficient (Wildman–Crippen LogP) is 2.07. The Balaban J connectivity index is 0.00000156. The number of para-hydroxylation sites is 1. The van der Waals surface area contributed by atoms with E-state index >= 15 is 0 Å². The summed E-state index contributed by atoms with van der Waals surface area (Å²) in [4.78, 5) is 17.2. The smallest absolute Gasteiger partial charge is 0.241 e. The molecule has 4 rings (SSSR count). The first kappa shape index (κ1) is 16.7. The van der Waals surface area contributed by atoms with Crippen molar-refractivity contribution in [3.8, 4) is 0 Å². The molecule has 1 aromatic rings. The zero-order chi connectivity index (χ0) is 15.2. The topological polar surface area (TPSA) is 35.6 Å². The van der Waals surface area contributed by atoms with Crippen molar-refractivity contribution in [3.63, 3.8) is 0 Å². The van der Waals surface area contributed by atoms with E-state index in [1.165, 1.54) is 18.4 Å². The largest absolute Gasteiger partial charge is 0.316 e. The van der Waals surface area contributed by atoms with Crippen LogP contribution in [-0.2, 0) is 11.2 Å². The van der Waals surface area contributed by atoms with Gasteiger partial charge in [-0.2, -0.15) is 0 Å². The number of amides is 1. The molecule has 4 nitrogen and oxygen atoms in total. The molecule has 2 atom stereocenters. The fourth-order valence-electron chi connectivity index (χ4n) is 4.52. The Hall–Kier alpha value is -1.10. The third-order valence-electron chi connectivity index (χ3n) is 5.68. The van der Waals surface area contributed by atoms with E-state index in [2.05, 4.69) is 35.3 Å². The molecule has 0 radical (unpaired) electrons. The fraction of sp³-hybridized carbons (Fsp3) is 0.611. The van der Waals surface area contributed by atoms with E-state index in [9.17, 15) is 4.79 Å². The van der Waals surface area contributed by atoms with Crippen molar-refractivity contribution in [2.45, 2.75) is 32.2 Å². The van der Waals surface area contributed by atoms with Crippen LogP contribution in [-0.4, -0.2) is 49.6 Å². The van der Waals surface area contributed by atoms with E-state index in [0.717, 1.165) is 38.3 Å².